The van der Waals surface area contributed by atoms with Gasteiger partial charge < -0.3 is 0 Å². The van der Waals surface area contributed by atoms with Crippen molar-refractivity contribution in [3.8, 4) is 0 Å². The van der Waals surface area contributed by atoms with Crippen molar-refractivity contribution in [1.29, 1.82) is 0 Å². The van der Waals surface area contributed by atoms with Crippen LogP contribution in [0.4, 0.5) is 0 Å². The second-order valence-corrected chi connectivity index (χ2v) is 5.76. The number of carbonyl (C=O) groups is 1. The number of Topliss-reactive ketones (excluding diaryl/α,β-unsaturated/α-hetero) is 1. The molecule has 2 rings (SSSR count). The molecular weight excluding hydrogens is 216 g/mol. The van der Waals surface area contributed by atoms with Gasteiger partial charge in [-0.05, 0) is 37.5 Å². The van der Waals surface area contributed by atoms with Gasteiger partial charge in [-0.2, -0.15) is 0 Å². The van der Waals surface area contributed by atoms with Crippen molar-refractivity contribution in [2.75, 3.05) is 0 Å². The highest BCUT2D eigenvalue weighted by molar-refractivity contribution is 7.19. The molecule has 1 aromatic carbocycles. The van der Waals surface area contributed by atoms with Gasteiger partial charge in [-0.15, -0.1) is 11.3 Å². The molecule has 0 spiro atoms. The molecule has 0 aliphatic heterocycles. The fourth-order valence-electron chi connectivity index (χ4n) is 2.03. The van der Waals surface area contributed by atoms with Crippen molar-refractivity contribution in [1.82, 2.24) is 0 Å². The van der Waals surface area contributed by atoms with Crippen LogP contribution in [0.15, 0.2) is 18.2 Å². The SMILES string of the molecule is CC(=O)c1c(C)sc2ccc(C(C)C)cc12. The van der Waals surface area contributed by atoms with E-state index in [9.17, 15) is 4.79 Å². The number of aryl methyl sites for hydroxylation is 1. The number of hydrogen-bond donors (Lipinski definition) is 0. The normalized spacial score (nSPS) is 11.3. The minimum Gasteiger partial charge on any atom is -0.294 e. The number of ketones is 1. The average Bonchev–Trinajstić information content (AvgIpc) is 2.51. The van der Waals surface area contributed by atoms with Crippen LogP contribution in [0.5, 0.6) is 0 Å². The fraction of sp³-hybridized carbons (Fsp3) is 0.357. The number of hydrogen-bond acceptors (Lipinski definition) is 2. The third kappa shape index (κ3) is 1.78. The molecule has 84 valence electrons. The van der Waals surface area contributed by atoms with Crippen molar-refractivity contribution in [3.05, 3.63) is 34.2 Å². The van der Waals surface area contributed by atoms with Crippen LogP contribution < -0.4 is 0 Å². The van der Waals surface area contributed by atoms with Crippen LogP contribution in [-0.2, 0) is 0 Å². The fourth-order valence-corrected chi connectivity index (χ4v) is 3.13. The highest BCUT2D eigenvalue weighted by atomic mass is 32.1. The average molecular weight is 232 g/mol. The Labute approximate surface area is 100 Å². The minimum absolute atomic E-state index is 0.171. The van der Waals surface area contributed by atoms with Gasteiger partial charge in [-0.25, -0.2) is 0 Å². The Morgan fingerprint density at radius 3 is 2.56 bits per heavy atom. The molecule has 0 bridgehead atoms. The van der Waals surface area contributed by atoms with Crippen molar-refractivity contribution >= 4 is 27.2 Å². The van der Waals surface area contributed by atoms with E-state index in [1.807, 2.05) is 6.92 Å². The van der Waals surface area contributed by atoms with Crippen LogP contribution in [0.25, 0.3) is 10.1 Å². The maximum atomic E-state index is 11.6. The summed E-state index contributed by atoms with van der Waals surface area (Å²) in [6.07, 6.45) is 0. The van der Waals surface area contributed by atoms with E-state index >= 15 is 0 Å². The lowest BCUT2D eigenvalue weighted by Crippen LogP contribution is -1.93. The van der Waals surface area contributed by atoms with Crippen LogP contribution in [0.3, 0.4) is 0 Å². The molecule has 1 heterocycles. The van der Waals surface area contributed by atoms with Crippen molar-refractivity contribution in [2.24, 2.45) is 0 Å². The molecular formula is C14H16OS. The predicted molar refractivity (Wildman–Crippen MR) is 70.7 cm³/mol. The Bertz CT molecular complexity index is 549. The van der Waals surface area contributed by atoms with E-state index in [2.05, 4.69) is 32.0 Å². The maximum Gasteiger partial charge on any atom is 0.161 e. The van der Waals surface area contributed by atoms with Gasteiger partial charge in [-0.1, -0.05) is 19.9 Å². The number of thiophene rings is 1. The summed E-state index contributed by atoms with van der Waals surface area (Å²) in [4.78, 5) is 12.8. The lowest BCUT2D eigenvalue weighted by atomic mass is 9.99. The first kappa shape index (κ1) is 11.3. The van der Waals surface area contributed by atoms with Gasteiger partial charge in [0.2, 0.25) is 0 Å². The van der Waals surface area contributed by atoms with E-state index in [1.54, 1.807) is 18.3 Å². The molecule has 0 fully saturated rings. The van der Waals surface area contributed by atoms with E-state index in [0.717, 1.165) is 15.8 Å². The topological polar surface area (TPSA) is 17.1 Å². The second-order valence-electron chi connectivity index (χ2n) is 4.50. The summed E-state index contributed by atoms with van der Waals surface area (Å²) in [5.41, 5.74) is 2.20. The van der Waals surface area contributed by atoms with E-state index in [0.29, 0.717) is 5.92 Å². The highest BCUT2D eigenvalue weighted by Gasteiger charge is 2.13. The molecule has 0 N–H and O–H groups in total. The molecule has 16 heavy (non-hydrogen) atoms. The number of fused-ring (bicyclic) bond motifs is 1. The Morgan fingerprint density at radius 2 is 2.00 bits per heavy atom. The summed E-state index contributed by atoms with van der Waals surface area (Å²) in [5, 5.41) is 1.13. The summed E-state index contributed by atoms with van der Waals surface area (Å²) < 4.78 is 1.21. The first-order chi connectivity index (χ1) is 7.50. The van der Waals surface area contributed by atoms with E-state index in [1.165, 1.54) is 10.3 Å². The maximum absolute atomic E-state index is 11.6. The standard InChI is InChI=1S/C14H16OS/c1-8(2)11-5-6-13-12(7-11)14(9(3)15)10(4)16-13/h5-8H,1-4H3. The summed E-state index contributed by atoms with van der Waals surface area (Å²) in [7, 11) is 0. The molecule has 0 amide bonds. The molecule has 0 atom stereocenters. The minimum atomic E-state index is 0.171. The molecule has 1 nitrogen and oxygen atoms in total. The number of benzene rings is 1. The van der Waals surface area contributed by atoms with E-state index < -0.39 is 0 Å². The number of carbonyl (C=O) groups excluding carboxylic acids is 1. The Hall–Kier alpha value is -1.15. The van der Waals surface area contributed by atoms with Crippen LogP contribution in [0, 0.1) is 6.92 Å². The lowest BCUT2D eigenvalue weighted by Gasteiger charge is -2.05. The summed E-state index contributed by atoms with van der Waals surface area (Å²) in [6, 6.07) is 6.46. The molecule has 0 unspecified atom stereocenters. The van der Waals surface area contributed by atoms with Crippen LogP contribution >= 0.6 is 11.3 Å². The molecule has 0 saturated heterocycles. The zero-order valence-corrected chi connectivity index (χ0v) is 10.9. The van der Waals surface area contributed by atoms with Crippen LogP contribution in [-0.4, -0.2) is 5.78 Å². The Balaban J connectivity index is 2.74. The summed E-state index contributed by atoms with van der Waals surface area (Å²) in [5.74, 6) is 0.675. The summed E-state index contributed by atoms with van der Waals surface area (Å²) >= 11 is 1.71. The largest absolute Gasteiger partial charge is 0.294 e. The predicted octanol–water partition coefficient (Wildman–Crippen LogP) is 4.54. The van der Waals surface area contributed by atoms with Gasteiger partial charge in [0, 0.05) is 20.5 Å². The third-order valence-corrected chi connectivity index (χ3v) is 3.99. The molecule has 0 saturated carbocycles. The first-order valence-corrected chi connectivity index (χ1v) is 6.36. The third-order valence-electron chi connectivity index (χ3n) is 2.91. The Morgan fingerprint density at radius 1 is 1.31 bits per heavy atom. The molecule has 1 aromatic heterocycles. The van der Waals surface area contributed by atoms with Gasteiger partial charge in [0.05, 0.1) is 0 Å². The molecule has 0 radical (unpaired) electrons. The Kier molecular flexibility index (Phi) is 2.85. The van der Waals surface area contributed by atoms with Crippen molar-refractivity contribution < 1.29 is 4.79 Å². The van der Waals surface area contributed by atoms with Gasteiger partial charge in [0.1, 0.15) is 0 Å². The van der Waals surface area contributed by atoms with E-state index in [-0.39, 0.29) is 5.78 Å². The molecule has 2 heteroatoms. The molecule has 2 aromatic rings. The van der Waals surface area contributed by atoms with Gasteiger partial charge in [-0.3, -0.25) is 4.79 Å². The molecule has 0 aliphatic rings. The zero-order chi connectivity index (χ0) is 11.9. The van der Waals surface area contributed by atoms with Gasteiger partial charge in [0.15, 0.2) is 5.78 Å². The van der Waals surface area contributed by atoms with Crippen molar-refractivity contribution in [2.45, 2.75) is 33.6 Å². The van der Waals surface area contributed by atoms with Gasteiger partial charge >= 0.3 is 0 Å². The van der Waals surface area contributed by atoms with E-state index in [4.69, 9.17) is 0 Å². The highest BCUT2D eigenvalue weighted by Crippen LogP contribution is 2.33. The quantitative estimate of drug-likeness (QED) is 0.695. The summed E-state index contributed by atoms with van der Waals surface area (Å²) in [6.45, 7) is 8.02. The van der Waals surface area contributed by atoms with Crippen LogP contribution in [0.1, 0.15) is 47.5 Å². The lowest BCUT2D eigenvalue weighted by molar-refractivity contribution is 0.101. The zero-order valence-electron chi connectivity index (χ0n) is 10.1. The van der Waals surface area contributed by atoms with Crippen molar-refractivity contribution in [3.63, 3.8) is 0 Å². The monoisotopic (exact) mass is 232 g/mol. The van der Waals surface area contributed by atoms with Gasteiger partial charge in [0.25, 0.3) is 0 Å². The second kappa shape index (κ2) is 4.02. The number of rotatable bonds is 2. The molecule has 0 aliphatic carbocycles. The van der Waals surface area contributed by atoms with Crippen LogP contribution in [0.2, 0.25) is 0 Å². The first-order valence-electron chi connectivity index (χ1n) is 5.54. The smallest absolute Gasteiger partial charge is 0.161 e.